The Hall–Kier alpha value is -1.47. The molecule has 1 aromatic carbocycles. The molecule has 86 valence electrons. The highest BCUT2D eigenvalue weighted by molar-refractivity contribution is 5.23. The highest BCUT2D eigenvalue weighted by Crippen LogP contribution is 2.23. The molecular formula is C12H12F3N. The Morgan fingerprint density at radius 3 is 2.56 bits per heavy atom. The summed E-state index contributed by atoms with van der Waals surface area (Å²) in [6.07, 6.45) is 6.64. The number of hydrogen-bond acceptors (Lipinski definition) is 1. The molecular weight excluding hydrogens is 215 g/mol. The largest absolute Gasteiger partial charge is 0.324 e. The molecule has 0 aliphatic carbocycles. The van der Waals surface area contributed by atoms with Crippen molar-refractivity contribution in [1.29, 1.82) is 0 Å². The predicted octanol–water partition coefficient (Wildman–Crippen LogP) is 2.91. The molecule has 16 heavy (non-hydrogen) atoms. The van der Waals surface area contributed by atoms with Crippen LogP contribution in [0.25, 0.3) is 0 Å². The van der Waals surface area contributed by atoms with E-state index in [-0.39, 0.29) is 5.56 Å². The van der Waals surface area contributed by atoms with Crippen molar-refractivity contribution in [2.75, 3.05) is 0 Å². The number of benzene rings is 1. The molecule has 0 bridgehead atoms. The lowest BCUT2D eigenvalue weighted by Crippen LogP contribution is -2.13. The summed E-state index contributed by atoms with van der Waals surface area (Å²) in [6, 6.07) is 1.37. The number of terminal acetylenes is 1. The van der Waals surface area contributed by atoms with Crippen LogP contribution >= 0.6 is 0 Å². The molecule has 1 aromatic rings. The predicted molar refractivity (Wildman–Crippen MR) is 55.9 cm³/mol. The average Bonchev–Trinajstić information content (AvgIpc) is 2.26. The monoisotopic (exact) mass is 227 g/mol. The van der Waals surface area contributed by atoms with Crippen LogP contribution in [0.15, 0.2) is 12.1 Å². The van der Waals surface area contributed by atoms with Gasteiger partial charge in [0.05, 0.1) is 0 Å². The van der Waals surface area contributed by atoms with Crippen molar-refractivity contribution in [1.82, 2.24) is 0 Å². The molecule has 1 unspecified atom stereocenters. The van der Waals surface area contributed by atoms with E-state index in [4.69, 9.17) is 12.2 Å². The van der Waals surface area contributed by atoms with Crippen molar-refractivity contribution in [3.8, 4) is 12.3 Å². The average molecular weight is 227 g/mol. The smallest absolute Gasteiger partial charge is 0.194 e. The van der Waals surface area contributed by atoms with E-state index >= 15 is 0 Å². The second-order valence-electron chi connectivity index (χ2n) is 3.47. The van der Waals surface area contributed by atoms with Gasteiger partial charge in [0, 0.05) is 18.0 Å². The van der Waals surface area contributed by atoms with Crippen LogP contribution in [0, 0.1) is 29.8 Å². The van der Waals surface area contributed by atoms with Gasteiger partial charge in [-0.3, -0.25) is 0 Å². The SMILES string of the molecule is C#CCCCC(N)c1ccc(F)c(F)c1F. The second kappa shape index (κ2) is 5.57. The van der Waals surface area contributed by atoms with Gasteiger partial charge in [-0.15, -0.1) is 12.3 Å². The molecule has 0 aliphatic heterocycles. The fourth-order valence-electron chi connectivity index (χ4n) is 1.41. The highest BCUT2D eigenvalue weighted by Gasteiger charge is 2.17. The van der Waals surface area contributed by atoms with Crippen LogP contribution in [-0.2, 0) is 0 Å². The van der Waals surface area contributed by atoms with Gasteiger partial charge in [0.2, 0.25) is 0 Å². The molecule has 1 nitrogen and oxygen atoms in total. The molecule has 2 N–H and O–H groups in total. The summed E-state index contributed by atoms with van der Waals surface area (Å²) >= 11 is 0. The summed E-state index contributed by atoms with van der Waals surface area (Å²) in [5.74, 6) is -1.48. The van der Waals surface area contributed by atoms with E-state index in [1.807, 2.05) is 0 Å². The molecule has 0 fully saturated rings. The molecule has 0 radical (unpaired) electrons. The van der Waals surface area contributed by atoms with Crippen molar-refractivity contribution < 1.29 is 13.2 Å². The number of nitrogens with two attached hydrogens (primary N) is 1. The highest BCUT2D eigenvalue weighted by atomic mass is 19.2. The number of rotatable bonds is 4. The van der Waals surface area contributed by atoms with Crippen LogP contribution in [0.1, 0.15) is 30.9 Å². The normalized spacial score (nSPS) is 12.2. The summed E-state index contributed by atoms with van der Waals surface area (Å²) in [6.45, 7) is 0. The van der Waals surface area contributed by atoms with Crippen molar-refractivity contribution in [3.63, 3.8) is 0 Å². The van der Waals surface area contributed by atoms with Crippen LogP contribution in [0.4, 0.5) is 13.2 Å². The summed E-state index contributed by atoms with van der Waals surface area (Å²) in [4.78, 5) is 0. The quantitative estimate of drug-likeness (QED) is 0.477. The van der Waals surface area contributed by atoms with Gasteiger partial charge in [-0.05, 0) is 18.9 Å². The molecule has 1 rings (SSSR count). The first-order valence-electron chi connectivity index (χ1n) is 4.90. The summed E-state index contributed by atoms with van der Waals surface area (Å²) in [7, 11) is 0. The van der Waals surface area contributed by atoms with Crippen molar-refractivity contribution in [2.24, 2.45) is 5.73 Å². The Morgan fingerprint density at radius 1 is 1.25 bits per heavy atom. The maximum absolute atomic E-state index is 13.3. The fraction of sp³-hybridized carbons (Fsp3) is 0.333. The lowest BCUT2D eigenvalue weighted by atomic mass is 10.0. The molecule has 0 heterocycles. The topological polar surface area (TPSA) is 26.0 Å². The van der Waals surface area contributed by atoms with Crippen molar-refractivity contribution in [2.45, 2.75) is 25.3 Å². The third-order valence-electron chi connectivity index (χ3n) is 2.30. The van der Waals surface area contributed by atoms with Crippen LogP contribution in [0.3, 0.4) is 0 Å². The third kappa shape index (κ3) is 2.77. The van der Waals surface area contributed by atoms with Gasteiger partial charge in [0.1, 0.15) is 0 Å². The minimum atomic E-state index is -1.48. The van der Waals surface area contributed by atoms with Crippen LogP contribution < -0.4 is 5.73 Å². The zero-order valence-corrected chi connectivity index (χ0v) is 8.64. The number of hydrogen-bond donors (Lipinski definition) is 1. The first-order valence-corrected chi connectivity index (χ1v) is 4.90. The molecule has 0 saturated heterocycles. The molecule has 4 heteroatoms. The Bertz CT molecular complexity index is 409. The summed E-state index contributed by atoms with van der Waals surface area (Å²) in [5.41, 5.74) is 5.64. The fourth-order valence-corrected chi connectivity index (χ4v) is 1.41. The van der Waals surface area contributed by atoms with Gasteiger partial charge in [-0.2, -0.15) is 0 Å². The Morgan fingerprint density at radius 2 is 1.94 bits per heavy atom. The molecule has 0 aromatic heterocycles. The first kappa shape index (κ1) is 12.6. The number of halogens is 3. The summed E-state index contributed by atoms with van der Waals surface area (Å²) in [5, 5.41) is 0. The second-order valence-corrected chi connectivity index (χ2v) is 3.47. The van der Waals surface area contributed by atoms with Crippen molar-refractivity contribution in [3.05, 3.63) is 35.1 Å². The molecule has 1 atom stereocenters. The molecule has 0 amide bonds. The zero-order valence-electron chi connectivity index (χ0n) is 8.64. The third-order valence-corrected chi connectivity index (χ3v) is 2.30. The van der Waals surface area contributed by atoms with Crippen LogP contribution in [-0.4, -0.2) is 0 Å². The lowest BCUT2D eigenvalue weighted by molar-refractivity contribution is 0.432. The molecule has 0 saturated carbocycles. The maximum Gasteiger partial charge on any atom is 0.194 e. The van der Waals surface area contributed by atoms with E-state index in [0.29, 0.717) is 19.3 Å². The van der Waals surface area contributed by atoms with E-state index in [1.54, 1.807) is 0 Å². The van der Waals surface area contributed by atoms with E-state index in [9.17, 15) is 13.2 Å². The maximum atomic E-state index is 13.3. The van der Waals surface area contributed by atoms with Crippen LogP contribution in [0.5, 0.6) is 0 Å². The minimum Gasteiger partial charge on any atom is -0.324 e. The standard InChI is InChI=1S/C12H12F3N/c1-2-3-4-5-10(16)8-6-7-9(13)12(15)11(8)14/h1,6-7,10H,3-5,16H2. The Labute approximate surface area is 92.5 Å². The number of unbranched alkanes of at least 4 members (excludes halogenated alkanes) is 1. The van der Waals surface area contributed by atoms with E-state index < -0.39 is 23.5 Å². The van der Waals surface area contributed by atoms with Gasteiger partial charge in [0.15, 0.2) is 17.5 Å². The van der Waals surface area contributed by atoms with Gasteiger partial charge >= 0.3 is 0 Å². The van der Waals surface area contributed by atoms with Crippen LogP contribution in [0.2, 0.25) is 0 Å². The van der Waals surface area contributed by atoms with Gasteiger partial charge in [-0.1, -0.05) is 6.07 Å². The molecule has 0 spiro atoms. The van der Waals surface area contributed by atoms with Gasteiger partial charge in [-0.25, -0.2) is 13.2 Å². The Balaban J connectivity index is 2.80. The lowest BCUT2D eigenvalue weighted by Gasteiger charge is -2.12. The first-order chi connectivity index (χ1) is 7.57. The van der Waals surface area contributed by atoms with E-state index in [2.05, 4.69) is 5.92 Å². The minimum absolute atomic E-state index is 0.0177. The van der Waals surface area contributed by atoms with Crippen molar-refractivity contribution >= 4 is 0 Å². The van der Waals surface area contributed by atoms with Gasteiger partial charge in [0.25, 0.3) is 0 Å². The van der Waals surface area contributed by atoms with E-state index in [0.717, 1.165) is 12.1 Å². The summed E-state index contributed by atoms with van der Waals surface area (Å²) < 4.78 is 38.8. The van der Waals surface area contributed by atoms with E-state index in [1.165, 1.54) is 0 Å². The zero-order chi connectivity index (χ0) is 12.1. The Kier molecular flexibility index (Phi) is 4.39. The molecule has 0 aliphatic rings. The van der Waals surface area contributed by atoms with Gasteiger partial charge < -0.3 is 5.73 Å².